The van der Waals surface area contributed by atoms with Gasteiger partial charge in [-0.2, -0.15) is 23.4 Å². The van der Waals surface area contributed by atoms with E-state index in [4.69, 9.17) is 4.74 Å². The Labute approximate surface area is 205 Å². The molecule has 4 rings (SSSR count). The van der Waals surface area contributed by atoms with Gasteiger partial charge in [-0.15, -0.1) is 0 Å². The lowest BCUT2D eigenvalue weighted by molar-refractivity contribution is -0.137. The van der Waals surface area contributed by atoms with Crippen LogP contribution in [-0.2, 0) is 11.0 Å². The van der Waals surface area contributed by atoms with Gasteiger partial charge in [-0.25, -0.2) is 10.1 Å². The minimum Gasteiger partial charge on any atom is -0.497 e. The predicted octanol–water partition coefficient (Wildman–Crippen LogP) is 5.13. The predicted molar refractivity (Wildman–Crippen MR) is 131 cm³/mol. The Bertz CT molecular complexity index is 1350. The molecule has 3 aromatic carbocycles. The Morgan fingerprint density at radius 1 is 1.06 bits per heavy atom. The molecule has 0 saturated carbocycles. The number of rotatable bonds is 8. The number of halogens is 3. The quantitative estimate of drug-likeness (QED) is 0.264. The molecular weight excluding hydrogens is 471 g/mol. The molecule has 2 N–H and O–H groups in total. The van der Waals surface area contributed by atoms with Crippen LogP contribution in [0, 0.1) is 0 Å². The fourth-order valence-corrected chi connectivity index (χ4v) is 3.37. The molecule has 0 aliphatic heterocycles. The van der Waals surface area contributed by atoms with Crippen molar-refractivity contribution in [3.05, 3.63) is 96.2 Å². The van der Waals surface area contributed by atoms with E-state index < -0.39 is 17.6 Å². The zero-order valence-corrected chi connectivity index (χ0v) is 19.2. The normalized spacial score (nSPS) is 11.4. The summed E-state index contributed by atoms with van der Waals surface area (Å²) in [4.78, 5) is 12.2. The molecule has 0 fully saturated rings. The van der Waals surface area contributed by atoms with Crippen LogP contribution in [0.5, 0.6) is 5.75 Å². The standard InChI is InChI=1S/C26H22F3N5O2/c1-36-23-12-10-18(11-13-23)25-19(17-34(33-25)22-8-3-2-4-9-22)15-31-32-24(35)16-30-21-7-5-6-20(14-21)26(27,28)29/h2-15,17,30H,16H2,1H3,(H,32,35)/b31-15+. The van der Waals surface area contributed by atoms with E-state index in [1.165, 1.54) is 18.3 Å². The highest BCUT2D eigenvalue weighted by atomic mass is 19.4. The topological polar surface area (TPSA) is 80.5 Å². The minimum atomic E-state index is -4.46. The van der Waals surface area contributed by atoms with Crippen LogP contribution >= 0.6 is 0 Å². The number of ether oxygens (including phenoxy) is 1. The summed E-state index contributed by atoms with van der Waals surface area (Å²) < 4.78 is 45.5. The van der Waals surface area contributed by atoms with Gasteiger partial charge in [0, 0.05) is 23.0 Å². The largest absolute Gasteiger partial charge is 0.497 e. The number of benzene rings is 3. The van der Waals surface area contributed by atoms with Crippen molar-refractivity contribution >= 4 is 17.8 Å². The average Bonchev–Trinajstić information content (AvgIpc) is 3.32. The van der Waals surface area contributed by atoms with Gasteiger partial charge in [0.25, 0.3) is 5.91 Å². The molecule has 10 heteroatoms. The maximum absolute atomic E-state index is 12.9. The van der Waals surface area contributed by atoms with Crippen LogP contribution in [0.25, 0.3) is 16.9 Å². The van der Waals surface area contributed by atoms with Gasteiger partial charge in [-0.05, 0) is 54.6 Å². The molecule has 1 amide bonds. The summed E-state index contributed by atoms with van der Waals surface area (Å²) in [6.45, 7) is -0.257. The fraction of sp³-hybridized carbons (Fsp3) is 0.115. The maximum atomic E-state index is 12.9. The molecule has 0 saturated heterocycles. The van der Waals surface area contributed by atoms with E-state index in [0.29, 0.717) is 17.0 Å². The summed E-state index contributed by atoms with van der Waals surface area (Å²) in [5.41, 5.74) is 4.72. The van der Waals surface area contributed by atoms with Crippen molar-refractivity contribution in [2.75, 3.05) is 19.0 Å². The first-order chi connectivity index (χ1) is 17.3. The van der Waals surface area contributed by atoms with Crippen molar-refractivity contribution in [1.29, 1.82) is 0 Å². The molecule has 0 spiro atoms. The maximum Gasteiger partial charge on any atom is 0.416 e. The van der Waals surface area contributed by atoms with Gasteiger partial charge in [0.05, 0.1) is 31.1 Å². The summed E-state index contributed by atoms with van der Waals surface area (Å²) in [6.07, 6.45) is -1.21. The number of hydrazone groups is 1. The number of carbonyl (C=O) groups is 1. The summed E-state index contributed by atoms with van der Waals surface area (Å²) in [7, 11) is 1.59. The first kappa shape index (κ1) is 24.5. The first-order valence-corrected chi connectivity index (χ1v) is 10.9. The molecule has 0 unspecified atom stereocenters. The van der Waals surface area contributed by atoms with Crippen molar-refractivity contribution in [2.45, 2.75) is 6.18 Å². The van der Waals surface area contributed by atoms with Gasteiger partial charge >= 0.3 is 6.18 Å². The van der Waals surface area contributed by atoms with E-state index in [9.17, 15) is 18.0 Å². The second-order valence-electron chi connectivity index (χ2n) is 7.67. The van der Waals surface area contributed by atoms with Crippen LogP contribution in [0.15, 0.2) is 90.2 Å². The SMILES string of the molecule is COc1ccc(-c2nn(-c3ccccc3)cc2/C=N/NC(=O)CNc2cccc(C(F)(F)F)c2)cc1. The second kappa shape index (κ2) is 10.8. The molecule has 7 nitrogen and oxygen atoms in total. The molecule has 0 aliphatic carbocycles. The van der Waals surface area contributed by atoms with E-state index in [1.54, 1.807) is 18.0 Å². The van der Waals surface area contributed by atoms with Crippen LogP contribution < -0.4 is 15.5 Å². The number of para-hydroxylation sites is 1. The number of anilines is 1. The van der Waals surface area contributed by atoms with Crippen LogP contribution in [0.3, 0.4) is 0 Å². The molecule has 184 valence electrons. The van der Waals surface area contributed by atoms with Crippen molar-refractivity contribution in [3.8, 4) is 22.7 Å². The van der Waals surface area contributed by atoms with Crippen molar-refractivity contribution in [3.63, 3.8) is 0 Å². The van der Waals surface area contributed by atoms with E-state index in [2.05, 4.69) is 20.9 Å². The van der Waals surface area contributed by atoms with E-state index in [1.807, 2.05) is 54.6 Å². The fourth-order valence-electron chi connectivity index (χ4n) is 3.37. The van der Waals surface area contributed by atoms with Crippen LogP contribution in [-0.4, -0.2) is 35.6 Å². The van der Waals surface area contributed by atoms with Gasteiger partial charge < -0.3 is 10.1 Å². The van der Waals surface area contributed by atoms with Crippen LogP contribution in [0.1, 0.15) is 11.1 Å². The van der Waals surface area contributed by atoms with Crippen molar-refractivity contribution in [2.24, 2.45) is 5.10 Å². The van der Waals surface area contributed by atoms with Gasteiger partial charge in [0.15, 0.2) is 0 Å². The molecular formula is C26H22F3N5O2. The van der Waals surface area contributed by atoms with E-state index in [-0.39, 0.29) is 12.2 Å². The first-order valence-electron chi connectivity index (χ1n) is 10.9. The number of amides is 1. The molecule has 0 atom stereocenters. The Morgan fingerprint density at radius 2 is 1.81 bits per heavy atom. The van der Waals surface area contributed by atoms with Crippen molar-refractivity contribution < 1.29 is 22.7 Å². The zero-order valence-electron chi connectivity index (χ0n) is 19.2. The monoisotopic (exact) mass is 493 g/mol. The summed E-state index contributed by atoms with van der Waals surface area (Å²) in [5, 5.41) is 11.4. The highest BCUT2D eigenvalue weighted by molar-refractivity contribution is 5.90. The third-order valence-corrected chi connectivity index (χ3v) is 5.16. The summed E-state index contributed by atoms with van der Waals surface area (Å²) in [6, 6.07) is 21.5. The second-order valence-corrected chi connectivity index (χ2v) is 7.67. The number of nitrogens with one attached hydrogen (secondary N) is 2. The molecule has 0 radical (unpaired) electrons. The minimum absolute atomic E-state index is 0.176. The summed E-state index contributed by atoms with van der Waals surface area (Å²) in [5.74, 6) is 0.183. The summed E-state index contributed by atoms with van der Waals surface area (Å²) >= 11 is 0. The van der Waals surface area contributed by atoms with Gasteiger partial charge in [-0.3, -0.25) is 4.79 Å². The van der Waals surface area contributed by atoms with Crippen LogP contribution in [0.2, 0.25) is 0 Å². The van der Waals surface area contributed by atoms with Crippen molar-refractivity contribution in [1.82, 2.24) is 15.2 Å². The average molecular weight is 493 g/mol. The van der Waals surface area contributed by atoms with E-state index >= 15 is 0 Å². The molecule has 4 aromatic rings. The number of aromatic nitrogens is 2. The van der Waals surface area contributed by atoms with Gasteiger partial charge in [0.1, 0.15) is 11.4 Å². The lowest BCUT2D eigenvalue weighted by atomic mass is 10.1. The van der Waals surface area contributed by atoms with Crippen LogP contribution in [0.4, 0.5) is 18.9 Å². The number of hydrogen-bond acceptors (Lipinski definition) is 5. The lowest BCUT2D eigenvalue weighted by Gasteiger charge is -2.10. The molecule has 0 bridgehead atoms. The smallest absolute Gasteiger partial charge is 0.416 e. The zero-order chi connectivity index (χ0) is 25.5. The number of hydrogen-bond donors (Lipinski definition) is 2. The molecule has 0 aliphatic rings. The third-order valence-electron chi connectivity index (χ3n) is 5.16. The Kier molecular flexibility index (Phi) is 7.33. The number of methoxy groups -OCH3 is 1. The Hall–Kier alpha value is -4.60. The molecule has 36 heavy (non-hydrogen) atoms. The lowest BCUT2D eigenvalue weighted by Crippen LogP contribution is -2.26. The molecule has 1 heterocycles. The van der Waals surface area contributed by atoms with Gasteiger partial charge in [-0.1, -0.05) is 24.3 Å². The number of carbonyl (C=O) groups excluding carboxylic acids is 1. The Balaban J connectivity index is 1.47. The highest BCUT2D eigenvalue weighted by Crippen LogP contribution is 2.30. The van der Waals surface area contributed by atoms with E-state index in [0.717, 1.165) is 23.4 Å². The molecule has 1 aromatic heterocycles. The number of alkyl halides is 3. The highest BCUT2D eigenvalue weighted by Gasteiger charge is 2.30. The van der Waals surface area contributed by atoms with Gasteiger partial charge in [0.2, 0.25) is 0 Å². The number of nitrogens with zero attached hydrogens (tertiary/aromatic N) is 3. The Morgan fingerprint density at radius 3 is 2.50 bits per heavy atom. The third kappa shape index (κ3) is 6.09.